The largest absolute Gasteiger partial charge is 0.495 e. The molecule has 0 aromatic heterocycles. The standard InChI is InChI=1S/C20H23N3O5/c1-4-11-28-17-10-9-14(12-18(17)27-3)13-21-23-20(25)19(24)22-15-7-5-6-8-16(15)26-2/h5-10,12-13H,4,11H2,1-3H3,(H,22,24)(H,23,25)/b21-13-. The van der Waals surface area contributed by atoms with Gasteiger partial charge in [0, 0.05) is 0 Å². The van der Waals surface area contributed by atoms with Gasteiger partial charge in [-0.15, -0.1) is 0 Å². The third-order valence-electron chi connectivity index (χ3n) is 3.59. The quantitative estimate of drug-likeness (QED) is 0.413. The molecular formula is C20H23N3O5. The Bertz CT molecular complexity index is 851. The van der Waals surface area contributed by atoms with Crippen LogP contribution < -0.4 is 25.0 Å². The molecule has 2 rings (SSSR count). The number of hydrogen-bond donors (Lipinski definition) is 2. The molecule has 0 aliphatic heterocycles. The highest BCUT2D eigenvalue weighted by atomic mass is 16.5. The average Bonchev–Trinajstić information content (AvgIpc) is 2.72. The van der Waals surface area contributed by atoms with Crippen molar-refractivity contribution >= 4 is 23.7 Å². The van der Waals surface area contributed by atoms with Gasteiger partial charge in [-0.1, -0.05) is 19.1 Å². The number of amides is 2. The van der Waals surface area contributed by atoms with E-state index in [1.54, 1.807) is 49.6 Å². The summed E-state index contributed by atoms with van der Waals surface area (Å²) in [7, 11) is 3.02. The smallest absolute Gasteiger partial charge is 0.329 e. The van der Waals surface area contributed by atoms with Crippen LogP contribution in [0.4, 0.5) is 5.69 Å². The maximum Gasteiger partial charge on any atom is 0.329 e. The minimum absolute atomic E-state index is 0.390. The van der Waals surface area contributed by atoms with Crippen LogP contribution in [0.15, 0.2) is 47.6 Å². The van der Waals surface area contributed by atoms with Crippen LogP contribution in [0.2, 0.25) is 0 Å². The predicted octanol–water partition coefficient (Wildman–Crippen LogP) is 2.58. The van der Waals surface area contributed by atoms with Crippen molar-refractivity contribution in [1.82, 2.24) is 5.43 Å². The number of ether oxygens (including phenoxy) is 3. The fourth-order valence-electron chi connectivity index (χ4n) is 2.24. The molecule has 148 valence electrons. The van der Waals surface area contributed by atoms with E-state index in [1.165, 1.54) is 13.3 Å². The fourth-order valence-corrected chi connectivity index (χ4v) is 2.24. The topological polar surface area (TPSA) is 98.2 Å². The summed E-state index contributed by atoms with van der Waals surface area (Å²) in [5.74, 6) is -0.136. The number of para-hydroxylation sites is 2. The lowest BCUT2D eigenvalue weighted by atomic mass is 10.2. The van der Waals surface area contributed by atoms with E-state index in [9.17, 15) is 9.59 Å². The Morgan fingerprint density at radius 3 is 2.46 bits per heavy atom. The molecular weight excluding hydrogens is 362 g/mol. The Labute approximate surface area is 163 Å². The van der Waals surface area contributed by atoms with E-state index in [0.717, 1.165) is 6.42 Å². The van der Waals surface area contributed by atoms with Gasteiger partial charge in [0.1, 0.15) is 5.75 Å². The van der Waals surface area contributed by atoms with Gasteiger partial charge in [0.05, 0.1) is 32.7 Å². The molecule has 2 amide bonds. The minimum Gasteiger partial charge on any atom is -0.495 e. The first-order chi connectivity index (χ1) is 13.6. The Morgan fingerprint density at radius 1 is 1.00 bits per heavy atom. The lowest BCUT2D eigenvalue weighted by molar-refractivity contribution is -0.136. The normalized spacial score (nSPS) is 10.4. The van der Waals surface area contributed by atoms with Gasteiger partial charge in [0.25, 0.3) is 0 Å². The van der Waals surface area contributed by atoms with Gasteiger partial charge in [0.15, 0.2) is 11.5 Å². The van der Waals surface area contributed by atoms with Crippen LogP contribution in [-0.2, 0) is 9.59 Å². The van der Waals surface area contributed by atoms with E-state index >= 15 is 0 Å². The average molecular weight is 385 g/mol. The summed E-state index contributed by atoms with van der Waals surface area (Å²) in [6.07, 6.45) is 2.29. The second kappa shape index (κ2) is 10.6. The van der Waals surface area contributed by atoms with Gasteiger partial charge < -0.3 is 19.5 Å². The first-order valence-corrected chi connectivity index (χ1v) is 8.67. The summed E-state index contributed by atoms with van der Waals surface area (Å²) < 4.78 is 16.0. The highest BCUT2D eigenvalue weighted by Gasteiger charge is 2.15. The molecule has 0 fully saturated rings. The van der Waals surface area contributed by atoms with E-state index in [1.807, 2.05) is 6.92 Å². The van der Waals surface area contributed by atoms with Crippen molar-refractivity contribution in [2.75, 3.05) is 26.1 Å². The number of nitrogens with zero attached hydrogens (tertiary/aromatic N) is 1. The van der Waals surface area contributed by atoms with E-state index in [0.29, 0.717) is 35.1 Å². The molecule has 28 heavy (non-hydrogen) atoms. The number of carbonyl (C=O) groups is 2. The number of rotatable bonds is 8. The molecule has 2 N–H and O–H groups in total. The molecule has 0 aliphatic rings. The SMILES string of the molecule is CCCOc1ccc(/C=N\NC(=O)C(=O)Nc2ccccc2OC)cc1OC. The van der Waals surface area contributed by atoms with Gasteiger partial charge in [-0.2, -0.15) is 5.10 Å². The molecule has 8 heteroatoms. The summed E-state index contributed by atoms with van der Waals surface area (Å²) in [5, 5.41) is 6.27. The zero-order chi connectivity index (χ0) is 20.4. The molecule has 0 saturated heterocycles. The van der Waals surface area contributed by atoms with E-state index < -0.39 is 11.8 Å². The zero-order valence-electron chi connectivity index (χ0n) is 16.0. The van der Waals surface area contributed by atoms with E-state index in [4.69, 9.17) is 14.2 Å². The van der Waals surface area contributed by atoms with Crippen molar-refractivity contribution in [3.8, 4) is 17.2 Å². The Hall–Kier alpha value is -3.55. The summed E-state index contributed by atoms with van der Waals surface area (Å²) in [6.45, 7) is 2.60. The molecule has 0 saturated carbocycles. The van der Waals surface area contributed by atoms with Crippen molar-refractivity contribution in [3.63, 3.8) is 0 Å². The minimum atomic E-state index is -0.906. The van der Waals surface area contributed by atoms with Gasteiger partial charge >= 0.3 is 11.8 Å². The van der Waals surface area contributed by atoms with Gasteiger partial charge in [0.2, 0.25) is 0 Å². The summed E-state index contributed by atoms with van der Waals surface area (Å²) >= 11 is 0. The number of hydrogen-bond acceptors (Lipinski definition) is 6. The highest BCUT2D eigenvalue weighted by Crippen LogP contribution is 2.27. The number of anilines is 1. The number of carbonyl (C=O) groups excluding carboxylic acids is 2. The second-order valence-electron chi connectivity index (χ2n) is 5.61. The first-order valence-electron chi connectivity index (χ1n) is 8.67. The number of benzene rings is 2. The van der Waals surface area contributed by atoms with Crippen molar-refractivity contribution in [2.45, 2.75) is 13.3 Å². The van der Waals surface area contributed by atoms with Crippen LogP contribution in [0.25, 0.3) is 0 Å². The molecule has 0 bridgehead atoms. The molecule has 0 atom stereocenters. The fraction of sp³-hybridized carbons (Fsp3) is 0.250. The van der Waals surface area contributed by atoms with Crippen molar-refractivity contribution in [3.05, 3.63) is 48.0 Å². The molecule has 0 heterocycles. The maximum atomic E-state index is 12.0. The van der Waals surface area contributed by atoms with Crippen LogP contribution in [-0.4, -0.2) is 38.9 Å². The number of nitrogens with one attached hydrogen (secondary N) is 2. The number of methoxy groups -OCH3 is 2. The van der Waals surface area contributed by atoms with Crippen molar-refractivity contribution in [2.24, 2.45) is 5.10 Å². The molecule has 0 unspecified atom stereocenters. The Balaban J connectivity index is 1.96. The third-order valence-corrected chi connectivity index (χ3v) is 3.59. The van der Waals surface area contributed by atoms with E-state index in [-0.39, 0.29) is 0 Å². The first kappa shape index (κ1) is 20.8. The summed E-state index contributed by atoms with van der Waals surface area (Å²) in [4.78, 5) is 23.9. The second-order valence-corrected chi connectivity index (χ2v) is 5.61. The lowest BCUT2D eigenvalue weighted by Crippen LogP contribution is -2.32. The molecule has 0 radical (unpaired) electrons. The third kappa shape index (κ3) is 5.73. The molecule has 2 aromatic rings. The van der Waals surface area contributed by atoms with E-state index in [2.05, 4.69) is 15.8 Å². The van der Waals surface area contributed by atoms with Gasteiger partial charge in [-0.05, 0) is 42.3 Å². The van der Waals surface area contributed by atoms with Crippen LogP contribution in [0.5, 0.6) is 17.2 Å². The molecule has 8 nitrogen and oxygen atoms in total. The zero-order valence-corrected chi connectivity index (χ0v) is 16.0. The summed E-state index contributed by atoms with van der Waals surface area (Å²) in [5.41, 5.74) is 3.24. The molecule has 0 aliphatic carbocycles. The van der Waals surface area contributed by atoms with Gasteiger partial charge in [-0.3, -0.25) is 9.59 Å². The van der Waals surface area contributed by atoms with Crippen molar-refractivity contribution < 1.29 is 23.8 Å². The lowest BCUT2D eigenvalue weighted by Gasteiger charge is -2.10. The van der Waals surface area contributed by atoms with Crippen LogP contribution in [0.1, 0.15) is 18.9 Å². The monoisotopic (exact) mass is 385 g/mol. The van der Waals surface area contributed by atoms with Crippen LogP contribution >= 0.6 is 0 Å². The maximum absolute atomic E-state index is 12.0. The predicted molar refractivity (Wildman–Crippen MR) is 106 cm³/mol. The highest BCUT2D eigenvalue weighted by molar-refractivity contribution is 6.39. The number of hydrazone groups is 1. The van der Waals surface area contributed by atoms with Crippen LogP contribution in [0.3, 0.4) is 0 Å². The Kier molecular flexibility index (Phi) is 7.83. The van der Waals surface area contributed by atoms with Crippen molar-refractivity contribution in [1.29, 1.82) is 0 Å². The Morgan fingerprint density at radius 2 is 1.75 bits per heavy atom. The molecule has 2 aromatic carbocycles. The summed E-state index contributed by atoms with van der Waals surface area (Å²) in [6, 6.07) is 12.0. The molecule has 0 spiro atoms. The van der Waals surface area contributed by atoms with Gasteiger partial charge in [-0.25, -0.2) is 5.43 Å². The van der Waals surface area contributed by atoms with Crippen LogP contribution in [0, 0.1) is 0 Å².